The van der Waals surface area contributed by atoms with Gasteiger partial charge in [-0.1, -0.05) is 11.8 Å². The molecule has 1 aliphatic heterocycles. The van der Waals surface area contributed by atoms with Crippen molar-refractivity contribution >= 4 is 41.3 Å². The van der Waals surface area contributed by atoms with Gasteiger partial charge in [0.2, 0.25) is 5.91 Å². The van der Waals surface area contributed by atoms with Gasteiger partial charge in [-0.3, -0.25) is 19.3 Å². The van der Waals surface area contributed by atoms with E-state index < -0.39 is 30.3 Å². The highest BCUT2D eigenvalue weighted by molar-refractivity contribution is 7.99. The Kier molecular flexibility index (Phi) is 7.73. The lowest BCUT2D eigenvalue weighted by molar-refractivity contribution is -0.147. The molecule has 152 valence electrons. The minimum atomic E-state index is -2.53. The van der Waals surface area contributed by atoms with Crippen LogP contribution in [0.15, 0.2) is 29.2 Å². The minimum Gasteiger partial charge on any atom is -0.456 e. The van der Waals surface area contributed by atoms with Crippen LogP contribution < -0.4 is 5.32 Å². The fourth-order valence-electron chi connectivity index (χ4n) is 2.41. The Bertz CT molecular complexity index is 745. The maximum absolute atomic E-state index is 12.2. The molecule has 1 N–H and O–H groups in total. The van der Waals surface area contributed by atoms with Crippen LogP contribution in [0.25, 0.3) is 0 Å². The number of nitrogens with one attached hydrogen (secondary N) is 1. The van der Waals surface area contributed by atoms with Crippen LogP contribution in [0.1, 0.15) is 12.8 Å². The molecule has 0 unspecified atom stereocenters. The van der Waals surface area contributed by atoms with Crippen molar-refractivity contribution in [1.29, 1.82) is 0 Å². The fourth-order valence-corrected chi connectivity index (χ4v) is 2.90. The molecule has 0 radical (unpaired) electrons. The van der Waals surface area contributed by atoms with E-state index in [-0.39, 0.29) is 31.8 Å². The standard InChI is InChI=1S/C17H19F2N3O5S/c1-21-9-14(24)22(17(21)26)8-2-3-15(25)27-10-13(23)20-11-4-6-12(7-5-11)28-16(18)19/h4-7,16H,2-3,8-10H2,1H3,(H,20,23). The summed E-state index contributed by atoms with van der Waals surface area (Å²) in [6, 6.07) is 5.40. The van der Waals surface area contributed by atoms with E-state index in [0.29, 0.717) is 22.3 Å². The summed E-state index contributed by atoms with van der Waals surface area (Å²) in [5, 5.41) is 2.48. The number of benzene rings is 1. The predicted molar refractivity (Wildman–Crippen MR) is 96.9 cm³/mol. The Hall–Kier alpha value is -2.69. The van der Waals surface area contributed by atoms with Crippen LogP contribution in [-0.4, -0.2) is 66.1 Å². The van der Waals surface area contributed by atoms with Crippen molar-refractivity contribution < 1.29 is 32.7 Å². The monoisotopic (exact) mass is 415 g/mol. The number of nitrogens with zero attached hydrogens (tertiary/aromatic N) is 2. The highest BCUT2D eigenvalue weighted by Crippen LogP contribution is 2.26. The Morgan fingerprint density at radius 2 is 1.93 bits per heavy atom. The summed E-state index contributed by atoms with van der Waals surface area (Å²) in [6.45, 7) is -0.381. The predicted octanol–water partition coefficient (Wildman–Crippen LogP) is 2.16. The zero-order chi connectivity index (χ0) is 20.7. The van der Waals surface area contributed by atoms with Gasteiger partial charge in [0, 0.05) is 30.6 Å². The number of anilines is 1. The molecule has 1 saturated heterocycles. The number of urea groups is 1. The highest BCUT2D eigenvalue weighted by atomic mass is 32.2. The number of carbonyl (C=O) groups is 4. The molecule has 1 aromatic rings. The molecule has 0 atom stereocenters. The largest absolute Gasteiger partial charge is 0.456 e. The van der Waals surface area contributed by atoms with Crippen LogP contribution in [-0.2, 0) is 19.1 Å². The van der Waals surface area contributed by atoms with Crippen LogP contribution in [0.3, 0.4) is 0 Å². The van der Waals surface area contributed by atoms with E-state index in [2.05, 4.69) is 5.32 Å². The number of esters is 1. The van der Waals surface area contributed by atoms with Crippen molar-refractivity contribution in [3.63, 3.8) is 0 Å². The number of halogens is 2. The van der Waals surface area contributed by atoms with Crippen molar-refractivity contribution in [3.8, 4) is 0 Å². The molecule has 0 saturated carbocycles. The van der Waals surface area contributed by atoms with E-state index in [9.17, 15) is 28.0 Å². The first kappa shape index (κ1) is 21.6. The molecule has 4 amide bonds. The molecular formula is C17H19F2N3O5S. The van der Waals surface area contributed by atoms with Gasteiger partial charge in [-0.25, -0.2) is 4.79 Å². The Balaban J connectivity index is 1.66. The van der Waals surface area contributed by atoms with Gasteiger partial charge in [0.25, 0.3) is 11.7 Å². The number of thioether (sulfide) groups is 1. The van der Waals surface area contributed by atoms with E-state index in [1.54, 1.807) is 0 Å². The highest BCUT2D eigenvalue weighted by Gasteiger charge is 2.32. The third kappa shape index (κ3) is 6.48. The molecule has 1 aliphatic rings. The van der Waals surface area contributed by atoms with Crippen molar-refractivity contribution in [1.82, 2.24) is 9.80 Å². The fraction of sp³-hybridized carbons (Fsp3) is 0.412. The van der Waals surface area contributed by atoms with Gasteiger partial charge in [0.05, 0.1) is 0 Å². The van der Waals surface area contributed by atoms with Gasteiger partial charge < -0.3 is 15.0 Å². The lowest BCUT2D eigenvalue weighted by Crippen LogP contribution is -2.32. The summed E-state index contributed by atoms with van der Waals surface area (Å²) in [7, 11) is 1.51. The molecule has 1 fully saturated rings. The van der Waals surface area contributed by atoms with E-state index in [1.165, 1.54) is 36.2 Å². The smallest absolute Gasteiger partial charge is 0.326 e. The summed E-state index contributed by atoms with van der Waals surface area (Å²) in [5.41, 5.74) is 0.384. The third-order valence-electron chi connectivity index (χ3n) is 3.72. The molecule has 28 heavy (non-hydrogen) atoms. The van der Waals surface area contributed by atoms with Crippen LogP contribution in [0.4, 0.5) is 19.3 Å². The Morgan fingerprint density at radius 1 is 1.25 bits per heavy atom. The quantitative estimate of drug-likeness (QED) is 0.377. The van der Waals surface area contributed by atoms with E-state index >= 15 is 0 Å². The number of imide groups is 1. The molecule has 0 bridgehead atoms. The maximum Gasteiger partial charge on any atom is 0.326 e. The van der Waals surface area contributed by atoms with Crippen molar-refractivity contribution in [2.24, 2.45) is 0 Å². The Morgan fingerprint density at radius 3 is 2.50 bits per heavy atom. The third-order valence-corrected chi connectivity index (χ3v) is 4.44. The molecule has 11 heteroatoms. The van der Waals surface area contributed by atoms with Gasteiger partial charge in [-0.05, 0) is 30.7 Å². The lowest BCUT2D eigenvalue weighted by atomic mass is 10.3. The van der Waals surface area contributed by atoms with Crippen LogP contribution in [0.2, 0.25) is 0 Å². The number of alkyl halides is 2. The lowest BCUT2D eigenvalue weighted by Gasteiger charge is -2.13. The van der Waals surface area contributed by atoms with Crippen molar-refractivity contribution in [2.75, 3.05) is 32.1 Å². The number of hydrogen-bond acceptors (Lipinski definition) is 6. The Labute approximate surface area is 164 Å². The van der Waals surface area contributed by atoms with E-state index in [1.807, 2.05) is 0 Å². The topological polar surface area (TPSA) is 96.0 Å². The second-order valence-corrected chi connectivity index (χ2v) is 6.96. The van der Waals surface area contributed by atoms with Crippen molar-refractivity contribution in [3.05, 3.63) is 24.3 Å². The van der Waals surface area contributed by atoms with Crippen LogP contribution in [0, 0.1) is 0 Å². The van der Waals surface area contributed by atoms with E-state index in [4.69, 9.17) is 4.74 Å². The molecular weight excluding hydrogens is 396 g/mol. The molecule has 0 spiro atoms. The number of rotatable bonds is 9. The molecule has 0 aliphatic carbocycles. The molecule has 1 aromatic carbocycles. The summed E-state index contributed by atoms with van der Waals surface area (Å²) >= 11 is 0.394. The number of hydrogen-bond donors (Lipinski definition) is 1. The average molecular weight is 415 g/mol. The average Bonchev–Trinajstić information content (AvgIpc) is 2.87. The first-order valence-electron chi connectivity index (χ1n) is 8.32. The second kappa shape index (κ2) is 10.0. The first-order valence-corrected chi connectivity index (χ1v) is 9.20. The minimum absolute atomic E-state index is 0.0191. The van der Waals surface area contributed by atoms with Gasteiger partial charge in [-0.15, -0.1) is 0 Å². The van der Waals surface area contributed by atoms with Gasteiger partial charge in [-0.2, -0.15) is 8.78 Å². The molecule has 0 aromatic heterocycles. The zero-order valence-electron chi connectivity index (χ0n) is 15.0. The summed E-state index contributed by atoms with van der Waals surface area (Å²) in [4.78, 5) is 49.4. The number of ether oxygens (including phenoxy) is 1. The molecule has 1 heterocycles. The number of carbonyl (C=O) groups excluding carboxylic acids is 4. The van der Waals surface area contributed by atoms with Crippen LogP contribution in [0.5, 0.6) is 0 Å². The number of amides is 4. The summed E-state index contributed by atoms with van der Waals surface area (Å²) in [5.74, 6) is -4.05. The SMILES string of the molecule is CN1CC(=O)N(CCCC(=O)OCC(=O)Nc2ccc(SC(F)F)cc2)C1=O. The van der Waals surface area contributed by atoms with Gasteiger partial charge in [0.1, 0.15) is 6.54 Å². The van der Waals surface area contributed by atoms with Crippen molar-refractivity contribution in [2.45, 2.75) is 23.5 Å². The summed E-state index contributed by atoms with van der Waals surface area (Å²) < 4.78 is 29.3. The summed E-state index contributed by atoms with van der Waals surface area (Å²) in [6.07, 6.45) is 0.183. The molecule has 8 nitrogen and oxygen atoms in total. The second-order valence-electron chi connectivity index (χ2n) is 5.90. The zero-order valence-corrected chi connectivity index (χ0v) is 15.8. The maximum atomic E-state index is 12.2. The van der Waals surface area contributed by atoms with Crippen LogP contribution >= 0.6 is 11.8 Å². The van der Waals surface area contributed by atoms with Gasteiger partial charge >= 0.3 is 12.0 Å². The first-order chi connectivity index (χ1) is 13.3. The number of likely N-dealkylation sites (N-methyl/N-ethyl adjacent to an activating group) is 1. The van der Waals surface area contributed by atoms with Gasteiger partial charge in [0.15, 0.2) is 6.61 Å². The van der Waals surface area contributed by atoms with E-state index in [0.717, 1.165) is 4.90 Å². The molecule has 2 rings (SSSR count). The normalized spacial score (nSPS) is 14.0.